The lowest BCUT2D eigenvalue weighted by Crippen LogP contribution is -2.19. The largest absolute Gasteiger partial charge is 0.488 e. The van der Waals surface area contributed by atoms with Gasteiger partial charge >= 0.3 is 0 Å². The van der Waals surface area contributed by atoms with Crippen molar-refractivity contribution in [2.24, 2.45) is 5.10 Å². The Labute approximate surface area is 184 Å². The van der Waals surface area contributed by atoms with E-state index < -0.39 is 0 Å². The van der Waals surface area contributed by atoms with Crippen molar-refractivity contribution in [3.05, 3.63) is 90.0 Å². The third-order valence-corrected chi connectivity index (χ3v) is 5.58. The third kappa shape index (κ3) is 5.82. The molecule has 3 aromatic rings. The first-order valence-corrected chi connectivity index (χ1v) is 11.0. The highest BCUT2D eigenvalue weighted by molar-refractivity contribution is 5.95. The predicted molar refractivity (Wildman–Crippen MR) is 125 cm³/mol. The van der Waals surface area contributed by atoms with Gasteiger partial charge in [0.25, 0.3) is 5.91 Å². The average molecular weight is 413 g/mol. The van der Waals surface area contributed by atoms with Gasteiger partial charge in [0.1, 0.15) is 12.4 Å². The molecule has 1 fully saturated rings. The molecule has 0 atom stereocenters. The molecule has 4 nitrogen and oxygen atoms in total. The first-order chi connectivity index (χ1) is 15.3. The molecule has 0 unspecified atom stereocenters. The summed E-state index contributed by atoms with van der Waals surface area (Å²) in [6.45, 7) is 0.439. The summed E-state index contributed by atoms with van der Waals surface area (Å²) < 4.78 is 6.09. The summed E-state index contributed by atoms with van der Waals surface area (Å²) in [4.78, 5) is 12.4. The zero-order chi connectivity index (χ0) is 21.3. The highest BCUT2D eigenvalue weighted by Gasteiger charge is 2.09. The van der Waals surface area contributed by atoms with Crippen molar-refractivity contribution in [2.75, 3.05) is 0 Å². The van der Waals surface area contributed by atoms with Gasteiger partial charge in [0.2, 0.25) is 0 Å². The number of benzene rings is 3. The summed E-state index contributed by atoms with van der Waals surface area (Å²) >= 11 is 0. The Kier molecular flexibility index (Phi) is 7.12. The van der Waals surface area contributed by atoms with E-state index in [1.165, 1.54) is 12.8 Å². The molecular formula is C27H28N2O2. The zero-order valence-corrected chi connectivity index (χ0v) is 17.7. The van der Waals surface area contributed by atoms with E-state index in [4.69, 9.17) is 4.74 Å². The molecular weight excluding hydrogens is 384 g/mol. The Hall–Kier alpha value is -3.40. The first kappa shape index (κ1) is 20.9. The van der Waals surface area contributed by atoms with Gasteiger partial charge in [0, 0.05) is 16.8 Å². The van der Waals surface area contributed by atoms with Gasteiger partial charge in [-0.2, -0.15) is 5.10 Å². The molecule has 4 heteroatoms. The average Bonchev–Trinajstić information content (AvgIpc) is 3.11. The van der Waals surface area contributed by atoms with Crippen LogP contribution in [0.4, 0.5) is 0 Å². The van der Waals surface area contributed by atoms with Crippen LogP contribution in [-0.4, -0.2) is 11.6 Å². The van der Waals surface area contributed by atoms with E-state index in [9.17, 15) is 4.79 Å². The number of ether oxygens (including phenoxy) is 1. The van der Waals surface area contributed by atoms with E-state index in [1.807, 2.05) is 60.7 Å². The van der Waals surface area contributed by atoms with Crippen LogP contribution in [-0.2, 0) is 6.61 Å². The monoisotopic (exact) mass is 412 g/mol. The van der Waals surface area contributed by atoms with Crippen molar-refractivity contribution in [1.29, 1.82) is 0 Å². The van der Waals surface area contributed by atoms with Crippen LogP contribution in [0.5, 0.6) is 5.75 Å². The van der Waals surface area contributed by atoms with Crippen LogP contribution in [0.2, 0.25) is 0 Å². The number of hydrogen-bond acceptors (Lipinski definition) is 3. The van der Waals surface area contributed by atoms with Crippen LogP contribution in [0, 0.1) is 0 Å². The topological polar surface area (TPSA) is 50.7 Å². The number of para-hydroxylation sites is 1. The van der Waals surface area contributed by atoms with E-state index in [0.717, 1.165) is 53.8 Å². The number of hydrogen-bond donors (Lipinski definition) is 1. The van der Waals surface area contributed by atoms with Crippen molar-refractivity contribution < 1.29 is 9.53 Å². The molecule has 31 heavy (non-hydrogen) atoms. The quantitative estimate of drug-likeness (QED) is 0.378. The molecule has 0 aliphatic heterocycles. The second-order valence-corrected chi connectivity index (χ2v) is 7.88. The smallest absolute Gasteiger partial charge is 0.271 e. The lowest BCUT2D eigenvalue weighted by molar-refractivity contribution is 0.0954. The minimum absolute atomic E-state index is 0.168. The molecule has 3 aromatic carbocycles. The Bertz CT molecular complexity index is 1020. The van der Waals surface area contributed by atoms with E-state index >= 15 is 0 Å². The molecule has 1 saturated carbocycles. The van der Waals surface area contributed by atoms with E-state index in [1.54, 1.807) is 0 Å². The first-order valence-electron chi connectivity index (χ1n) is 11.0. The maximum absolute atomic E-state index is 12.4. The van der Waals surface area contributed by atoms with Crippen molar-refractivity contribution in [2.45, 2.75) is 45.1 Å². The molecule has 0 spiro atoms. The number of hydrazone groups is 1. The van der Waals surface area contributed by atoms with Crippen LogP contribution in [0.15, 0.2) is 84.0 Å². The number of carbonyl (C=O) groups excluding carboxylic acids is 1. The lowest BCUT2D eigenvalue weighted by atomic mass is 10.0. The summed E-state index contributed by atoms with van der Waals surface area (Å²) in [7, 11) is 0. The number of nitrogens with one attached hydrogen (secondary N) is 1. The summed E-state index contributed by atoms with van der Waals surface area (Å²) in [5, 5.41) is 4.35. The molecule has 1 aliphatic carbocycles. The van der Waals surface area contributed by atoms with Crippen molar-refractivity contribution >= 4 is 11.6 Å². The second kappa shape index (κ2) is 10.6. The van der Waals surface area contributed by atoms with Crippen molar-refractivity contribution in [3.8, 4) is 16.9 Å². The van der Waals surface area contributed by atoms with Crippen LogP contribution >= 0.6 is 0 Å². The van der Waals surface area contributed by atoms with Gasteiger partial charge in [-0.15, -0.1) is 0 Å². The fourth-order valence-corrected chi connectivity index (χ4v) is 3.80. The molecule has 4 rings (SSSR count). The fraction of sp³-hybridized carbons (Fsp3) is 0.259. The van der Waals surface area contributed by atoms with Crippen LogP contribution in [0.25, 0.3) is 11.1 Å². The van der Waals surface area contributed by atoms with Gasteiger partial charge in [-0.25, -0.2) is 5.43 Å². The molecule has 0 heterocycles. The lowest BCUT2D eigenvalue weighted by Gasteiger charge is -2.12. The second-order valence-electron chi connectivity index (χ2n) is 7.88. The molecule has 0 bridgehead atoms. The maximum Gasteiger partial charge on any atom is 0.271 e. The van der Waals surface area contributed by atoms with Crippen LogP contribution in [0.1, 0.15) is 54.4 Å². The Morgan fingerprint density at radius 1 is 0.806 bits per heavy atom. The van der Waals surface area contributed by atoms with Gasteiger partial charge in [0.05, 0.1) is 0 Å². The van der Waals surface area contributed by atoms with Crippen molar-refractivity contribution in [3.63, 3.8) is 0 Å². The van der Waals surface area contributed by atoms with Crippen LogP contribution in [0.3, 0.4) is 0 Å². The Morgan fingerprint density at radius 2 is 1.48 bits per heavy atom. The number of nitrogens with zero attached hydrogens (tertiary/aromatic N) is 1. The highest BCUT2D eigenvalue weighted by atomic mass is 16.5. The van der Waals surface area contributed by atoms with Gasteiger partial charge < -0.3 is 4.74 Å². The number of rotatable bonds is 6. The van der Waals surface area contributed by atoms with E-state index in [0.29, 0.717) is 12.2 Å². The Balaban J connectivity index is 1.36. The minimum atomic E-state index is -0.168. The third-order valence-electron chi connectivity index (χ3n) is 5.58. The maximum atomic E-state index is 12.4. The van der Waals surface area contributed by atoms with Gasteiger partial charge in [0.15, 0.2) is 0 Å². The minimum Gasteiger partial charge on any atom is -0.488 e. The summed E-state index contributed by atoms with van der Waals surface area (Å²) in [6.07, 6.45) is 6.81. The normalized spacial score (nSPS) is 13.9. The summed E-state index contributed by atoms with van der Waals surface area (Å²) in [5.74, 6) is 0.674. The molecule has 1 amide bonds. The number of amides is 1. The molecule has 158 valence electrons. The molecule has 1 aliphatic rings. The Morgan fingerprint density at radius 3 is 2.23 bits per heavy atom. The summed E-state index contributed by atoms with van der Waals surface area (Å²) in [6, 6.07) is 25.8. The van der Waals surface area contributed by atoms with Gasteiger partial charge in [-0.1, -0.05) is 73.5 Å². The predicted octanol–water partition coefficient (Wildman–Crippen LogP) is 6.37. The highest BCUT2D eigenvalue weighted by Crippen LogP contribution is 2.30. The number of carbonyl (C=O) groups is 1. The van der Waals surface area contributed by atoms with Gasteiger partial charge in [-0.3, -0.25) is 4.79 Å². The van der Waals surface area contributed by atoms with Crippen molar-refractivity contribution in [1.82, 2.24) is 5.43 Å². The van der Waals surface area contributed by atoms with Gasteiger partial charge in [-0.05, 0) is 55.0 Å². The zero-order valence-electron chi connectivity index (χ0n) is 17.7. The SMILES string of the molecule is O=C(NN=C1CCCCCC1)c1ccc(COc2ccccc2-c2ccccc2)cc1. The summed E-state index contributed by atoms with van der Waals surface area (Å²) in [5.41, 5.74) is 7.63. The standard InChI is InChI=1S/C27H28N2O2/c30-27(29-28-24-12-6-1-2-7-13-24)23-18-16-21(17-19-23)20-31-26-15-9-8-14-25(26)22-10-4-3-5-11-22/h3-5,8-11,14-19H,1-2,6-7,12-13,20H2,(H,29,30). The molecule has 0 radical (unpaired) electrons. The molecule has 0 saturated heterocycles. The van der Waals surface area contributed by atoms with E-state index in [2.05, 4.69) is 28.7 Å². The van der Waals surface area contributed by atoms with Crippen LogP contribution < -0.4 is 10.2 Å². The van der Waals surface area contributed by atoms with E-state index in [-0.39, 0.29) is 5.91 Å². The molecule has 1 N–H and O–H groups in total. The fourth-order valence-electron chi connectivity index (χ4n) is 3.80. The molecule has 0 aromatic heterocycles.